The van der Waals surface area contributed by atoms with Crippen LogP contribution in [0, 0.1) is 5.82 Å². The number of nitrogens with one attached hydrogen (secondary N) is 1. The molecule has 0 aliphatic carbocycles. The molecule has 2 N–H and O–H groups in total. The molecule has 0 heterocycles. The molecule has 0 saturated carbocycles. The Kier molecular flexibility index (Phi) is 4.10. The predicted molar refractivity (Wildman–Crippen MR) is 72.1 cm³/mol. The predicted octanol–water partition coefficient (Wildman–Crippen LogP) is 2.71. The highest BCUT2D eigenvalue weighted by molar-refractivity contribution is 5.93. The summed E-state index contributed by atoms with van der Waals surface area (Å²) < 4.78 is 13.0. The van der Waals surface area contributed by atoms with Crippen molar-refractivity contribution >= 4 is 17.6 Å². The molecular formula is C15H12FNO3. The van der Waals surface area contributed by atoms with E-state index in [9.17, 15) is 14.0 Å². The van der Waals surface area contributed by atoms with Gasteiger partial charge in [-0.3, -0.25) is 4.79 Å². The van der Waals surface area contributed by atoms with Gasteiger partial charge in [0.25, 0.3) is 0 Å². The number of rotatable bonds is 4. The molecule has 2 aromatic rings. The fraction of sp³-hybridized carbons (Fsp3) is 0.0667. The number of hydrogen-bond acceptors (Lipinski definition) is 2. The van der Waals surface area contributed by atoms with E-state index in [1.54, 1.807) is 12.1 Å². The van der Waals surface area contributed by atoms with Gasteiger partial charge in [0, 0.05) is 5.69 Å². The molecule has 0 saturated heterocycles. The molecule has 0 fully saturated rings. The van der Waals surface area contributed by atoms with Gasteiger partial charge in [-0.15, -0.1) is 0 Å². The van der Waals surface area contributed by atoms with Gasteiger partial charge in [0.15, 0.2) is 0 Å². The molecule has 20 heavy (non-hydrogen) atoms. The van der Waals surface area contributed by atoms with Crippen LogP contribution in [0.25, 0.3) is 0 Å². The van der Waals surface area contributed by atoms with E-state index in [0.717, 1.165) is 0 Å². The van der Waals surface area contributed by atoms with Crippen molar-refractivity contribution in [1.29, 1.82) is 0 Å². The van der Waals surface area contributed by atoms with E-state index in [4.69, 9.17) is 5.11 Å². The van der Waals surface area contributed by atoms with E-state index in [-0.39, 0.29) is 23.7 Å². The highest BCUT2D eigenvalue weighted by Gasteiger charge is 2.06. The number of amides is 1. The van der Waals surface area contributed by atoms with Gasteiger partial charge in [-0.25, -0.2) is 9.18 Å². The van der Waals surface area contributed by atoms with E-state index >= 15 is 0 Å². The Balaban J connectivity index is 1.99. The van der Waals surface area contributed by atoms with E-state index < -0.39 is 5.97 Å². The van der Waals surface area contributed by atoms with E-state index in [1.807, 2.05) is 0 Å². The molecular weight excluding hydrogens is 261 g/mol. The van der Waals surface area contributed by atoms with Crippen LogP contribution in [0.5, 0.6) is 0 Å². The topological polar surface area (TPSA) is 66.4 Å². The molecule has 0 unspecified atom stereocenters. The van der Waals surface area contributed by atoms with Crippen LogP contribution in [0.2, 0.25) is 0 Å². The minimum Gasteiger partial charge on any atom is -0.478 e. The summed E-state index contributed by atoms with van der Waals surface area (Å²) >= 11 is 0. The zero-order valence-corrected chi connectivity index (χ0v) is 10.5. The van der Waals surface area contributed by atoms with Gasteiger partial charge >= 0.3 is 5.97 Å². The zero-order valence-electron chi connectivity index (χ0n) is 10.5. The molecule has 0 bridgehead atoms. The average molecular weight is 273 g/mol. The quantitative estimate of drug-likeness (QED) is 0.900. The first-order valence-corrected chi connectivity index (χ1v) is 5.92. The van der Waals surface area contributed by atoms with Gasteiger partial charge in [0.1, 0.15) is 5.82 Å². The molecule has 0 aliphatic heterocycles. The molecule has 2 rings (SSSR count). The maximum atomic E-state index is 13.0. The highest BCUT2D eigenvalue weighted by atomic mass is 19.1. The molecule has 0 aromatic heterocycles. The number of aromatic carboxylic acids is 1. The first-order chi connectivity index (χ1) is 9.54. The zero-order chi connectivity index (χ0) is 14.5. The lowest BCUT2D eigenvalue weighted by Crippen LogP contribution is -2.14. The summed E-state index contributed by atoms with van der Waals surface area (Å²) in [5.41, 5.74) is 1.22. The maximum absolute atomic E-state index is 13.0. The monoisotopic (exact) mass is 273 g/mol. The van der Waals surface area contributed by atoms with E-state index in [2.05, 4.69) is 5.32 Å². The molecule has 1 amide bonds. The summed E-state index contributed by atoms with van der Waals surface area (Å²) in [6, 6.07) is 11.6. The second-order valence-corrected chi connectivity index (χ2v) is 4.24. The second kappa shape index (κ2) is 5.97. The Hall–Kier alpha value is -2.69. The third kappa shape index (κ3) is 3.65. The number of carbonyl (C=O) groups excluding carboxylic acids is 1. The molecule has 0 spiro atoms. The van der Waals surface area contributed by atoms with Crippen LogP contribution in [0.15, 0.2) is 48.5 Å². The van der Waals surface area contributed by atoms with Gasteiger partial charge in [-0.05, 0) is 42.0 Å². The van der Waals surface area contributed by atoms with Gasteiger partial charge in [0.05, 0.1) is 12.0 Å². The van der Waals surface area contributed by atoms with Crippen LogP contribution >= 0.6 is 0 Å². The van der Waals surface area contributed by atoms with Gasteiger partial charge in [-0.2, -0.15) is 0 Å². The normalized spacial score (nSPS) is 10.1. The van der Waals surface area contributed by atoms with Crippen molar-refractivity contribution in [2.24, 2.45) is 0 Å². The highest BCUT2D eigenvalue weighted by Crippen LogP contribution is 2.11. The number of carbonyl (C=O) groups is 2. The minimum atomic E-state index is -1.03. The minimum absolute atomic E-state index is 0.0540. The average Bonchev–Trinajstić information content (AvgIpc) is 2.39. The fourth-order valence-corrected chi connectivity index (χ4v) is 1.73. The van der Waals surface area contributed by atoms with Crippen LogP contribution in [0.4, 0.5) is 10.1 Å². The van der Waals surface area contributed by atoms with Crippen LogP contribution < -0.4 is 5.32 Å². The maximum Gasteiger partial charge on any atom is 0.335 e. The van der Waals surface area contributed by atoms with Crippen LogP contribution in [-0.2, 0) is 11.2 Å². The molecule has 2 aromatic carbocycles. The lowest BCUT2D eigenvalue weighted by atomic mass is 10.1. The van der Waals surface area contributed by atoms with Gasteiger partial charge < -0.3 is 10.4 Å². The molecule has 0 atom stereocenters. The Morgan fingerprint density at radius 3 is 2.40 bits per heavy atom. The van der Waals surface area contributed by atoms with Crippen molar-refractivity contribution in [3.63, 3.8) is 0 Å². The number of halogens is 1. The first kappa shape index (κ1) is 13.7. The smallest absolute Gasteiger partial charge is 0.335 e. The molecule has 4 nitrogen and oxygen atoms in total. The Bertz CT molecular complexity index is 638. The molecule has 0 aliphatic rings. The Morgan fingerprint density at radius 1 is 1.10 bits per heavy atom. The van der Waals surface area contributed by atoms with Crippen LogP contribution in [-0.4, -0.2) is 17.0 Å². The van der Waals surface area contributed by atoms with E-state index in [0.29, 0.717) is 11.3 Å². The lowest BCUT2D eigenvalue weighted by molar-refractivity contribution is -0.115. The standard InChI is InChI=1S/C15H12FNO3/c16-12-3-1-2-10(8-12)9-14(18)17-13-6-4-11(5-7-13)15(19)20/h1-8H,9H2,(H,17,18)(H,19,20). The van der Waals surface area contributed by atoms with Crippen molar-refractivity contribution in [2.75, 3.05) is 5.32 Å². The number of anilines is 1. The number of carboxylic acids is 1. The Morgan fingerprint density at radius 2 is 1.80 bits per heavy atom. The van der Waals surface area contributed by atoms with Crippen molar-refractivity contribution in [1.82, 2.24) is 0 Å². The van der Waals surface area contributed by atoms with E-state index in [1.165, 1.54) is 36.4 Å². The molecule has 5 heteroatoms. The summed E-state index contributed by atoms with van der Waals surface area (Å²) in [4.78, 5) is 22.4. The third-order valence-electron chi connectivity index (χ3n) is 2.67. The molecule has 102 valence electrons. The van der Waals surface area contributed by atoms with Crippen LogP contribution in [0.3, 0.4) is 0 Å². The van der Waals surface area contributed by atoms with Crippen LogP contribution in [0.1, 0.15) is 15.9 Å². The summed E-state index contributed by atoms with van der Waals surface area (Å²) in [6.45, 7) is 0. The fourth-order valence-electron chi connectivity index (χ4n) is 1.73. The Labute approximate surface area is 114 Å². The van der Waals surface area contributed by atoms with Gasteiger partial charge in [-0.1, -0.05) is 12.1 Å². The second-order valence-electron chi connectivity index (χ2n) is 4.24. The summed E-state index contributed by atoms with van der Waals surface area (Å²) in [5.74, 6) is -1.71. The number of hydrogen-bond donors (Lipinski definition) is 2. The summed E-state index contributed by atoms with van der Waals surface area (Å²) in [5, 5.41) is 11.4. The summed E-state index contributed by atoms with van der Waals surface area (Å²) in [6.07, 6.45) is 0.0540. The van der Waals surface area contributed by atoms with Gasteiger partial charge in [0.2, 0.25) is 5.91 Å². The largest absolute Gasteiger partial charge is 0.478 e. The number of carboxylic acid groups (broad SMARTS) is 1. The lowest BCUT2D eigenvalue weighted by Gasteiger charge is -2.05. The van der Waals surface area contributed by atoms with Crippen molar-refractivity contribution in [2.45, 2.75) is 6.42 Å². The third-order valence-corrected chi connectivity index (χ3v) is 2.67. The van der Waals surface area contributed by atoms with Crippen molar-refractivity contribution < 1.29 is 19.1 Å². The summed E-state index contributed by atoms with van der Waals surface area (Å²) in [7, 11) is 0. The SMILES string of the molecule is O=C(Cc1cccc(F)c1)Nc1ccc(C(=O)O)cc1. The first-order valence-electron chi connectivity index (χ1n) is 5.92. The van der Waals surface area contributed by atoms with Crippen molar-refractivity contribution in [3.8, 4) is 0 Å². The molecule has 0 radical (unpaired) electrons. The number of benzene rings is 2. The van der Waals surface area contributed by atoms with Crippen molar-refractivity contribution in [3.05, 3.63) is 65.5 Å².